The van der Waals surface area contributed by atoms with Crippen LogP contribution in [0.25, 0.3) is 0 Å². The van der Waals surface area contributed by atoms with Crippen molar-refractivity contribution in [2.45, 2.75) is 13.5 Å². The van der Waals surface area contributed by atoms with Gasteiger partial charge in [-0.15, -0.1) is 0 Å². The summed E-state index contributed by atoms with van der Waals surface area (Å²) in [4.78, 5) is 14.7. The molecule has 0 fully saturated rings. The molecule has 146 valence electrons. The zero-order valence-electron chi connectivity index (χ0n) is 15.9. The SMILES string of the molecule is CCN(CCNC(=O)c1cc(Cl)c(N)cc1OC)Cc1ccc(OC)cc1. The van der Waals surface area contributed by atoms with Crippen molar-refractivity contribution in [2.75, 3.05) is 39.6 Å². The highest BCUT2D eigenvalue weighted by molar-refractivity contribution is 6.33. The standard InChI is InChI=1S/C20H26ClN3O3/c1-4-24(13-14-5-7-15(26-2)8-6-14)10-9-23-20(25)16-11-17(21)18(22)12-19(16)27-3/h5-8,11-12H,4,9-10,13,22H2,1-3H3,(H,23,25). The van der Waals surface area contributed by atoms with E-state index in [0.29, 0.717) is 28.6 Å². The number of benzene rings is 2. The van der Waals surface area contributed by atoms with Gasteiger partial charge in [0.15, 0.2) is 0 Å². The molecule has 0 saturated heterocycles. The van der Waals surface area contributed by atoms with Gasteiger partial charge < -0.3 is 20.5 Å². The molecule has 0 aliphatic rings. The summed E-state index contributed by atoms with van der Waals surface area (Å²) in [5.74, 6) is 0.999. The summed E-state index contributed by atoms with van der Waals surface area (Å²) in [6.45, 7) is 4.99. The molecule has 0 aromatic heterocycles. The molecule has 0 spiro atoms. The molecule has 3 N–H and O–H groups in total. The zero-order valence-corrected chi connectivity index (χ0v) is 16.7. The molecule has 2 aromatic carbocycles. The van der Waals surface area contributed by atoms with E-state index in [4.69, 9.17) is 26.8 Å². The number of nitrogens with one attached hydrogen (secondary N) is 1. The minimum atomic E-state index is -0.241. The normalized spacial score (nSPS) is 10.7. The number of anilines is 1. The molecule has 0 aliphatic carbocycles. The number of rotatable bonds is 9. The molecule has 6 nitrogen and oxygen atoms in total. The first-order chi connectivity index (χ1) is 13.0. The minimum Gasteiger partial charge on any atom is -0.497 e. The van der Waals surface area contributed by atoms with Crippen molar-refractivity contribution in [3.63, 3.8) is 0 Å². The van der Waals surface area contributed by atoms with Crippen LogP contribution in [0.5, 0.6) is 11.5 Å². The van der Waals surface area contributed by atoms with Crippen molar-refractivity contribution in [3.05, 3.63) is 52.5 Å². The van der Waals surface area contributed by atoms with Crippen LogP contribution in [0.1, 0.15) is 22.8 Å². The van der Waals surface area contributed by atoms with Crippen molar-refractivity contribution in [3.8, 4) is 11.5 Å². The predicted molar refractivity (Wildman–Crippen MR) is 109 cm³/mol. The Balaban J connectivity index is 1.91. The fourth-order valence-corrected chi connectivity index (χ4v) is 2.84. The summed E-state index contributed by atoms with van der Waals surface area (Å²) in [6.07, 6.45) is 0. The van der Waals surface area contributed by atoms with E-state index in [-0.39, 0.29) is 5.91 Å². The number of nitrogens with zero attached hydrogens (tertiary/aromatic N) is 1. The summed E-state index contributed by atoms with van der Waals surface area (Å²) in [7, 11) is 3.15. The summed E-state index contributed by atoms with van der Waals surface area (Å²) in [6, 6.07) is 11.1. The van der Waals surface area contributed by atoms with Gasteiger partial charge in [0.1, 0.15) is 11.5 Å². The lowest BCUT2D eigenvalue weighted by Crippen LogP contribution is -2.34. The molecular weight excluding hydrogens is 366 g/mol. The number of nitrogens with two attached hydrogens (primary N) is 1. The molecule has 0 radical (unpaired) electrons. The number of hydrogen-bond donors (Lipinski definition) is 2. The van der Waals surface area contributed by atoms with Crippen molar-refractivity contribution in [1.29, 1.82) is 0 Å². The molecule has 27 heavy (non-hydrogen) atoms. The van der Waals surface area contributed by atoms with E-state index >= 15 is 0 Å². The topological polar surface area (TPSA) is 76.8 Å². The molecule has 1 amide bonds. The van der Waals surface area contributed by atoms with Crippen molar-refractivity contribution < 1.29 is 14.3 Å². The maximum atomic E-state index is 12.5. The summed E-state index contributed by atoms with van der Waals surface area (Å²) >= 11 is 6.03. The molecule has 0 heterocycles. The van der Waals surface area contributed by atoms with Crippen LogP contribution in [-0.4, -0.2) is 44.7 Å². The number of methoxy groups -OCH3 is 2. The summed E-state index contributed by atoms with van der Waals surface area (Å²) < 4.78 is 10.4. The van der Waals surface area contributed by atoms with Crippen LogP contribution in [-0.2, 0) is 6.54 Å². The van der Waals surface area contributed by atoms with Gasteiger partial charge in [-0.2, -0.15) is 0 Å². The van der Waals surface area contributed by atoms with Crippen LogP contribution < -0.4 is 20.5 Å². The van der Waals surface area contributed by atoms with E-state index in [1.807, 2.05) is 24.3 Å². The second kappa shape index (κ2) is 10.0. The Bertz CT molecular complexity index is 766. The minimum absolute atomic E-state index is 0.241. The van der Waals surface area contributed by atoms with Gasteiger partial charge in [0.25, 0.3) is 5.91 Å². The van der Waals surface area contributed by atoms with Crippen LogP contribution in [0.15, 0.2) is 36.4 Å². The number of hydrogen-bond acceptors (Lipinski definition) is 5. The number of carbonyl (C=O) groups is 1. The van der Waals surface area contributed by atoms with Crippen LogP contribution in [0.2, 0.25) is 5.02 Å². The Hall–Kier alpha value is -2.44. The maximum absolute atomic E-state index is 12.5. The smallest absolute Gasteiger partial charge is 0.255 e. The number of nitrogen functional groups attached to an aromatic ring is 1. The Kier molecular flexibility index (Phi) is 7.76. The number of likely N-dealkylation sites (N-methyl/N-ethyl adjacent to an activating group) is 1. The van der Waals surface area contributed by atoms with Crippen LogP contribution in [0, 0.1) is 0 Å². The van der Waals surface area contributed by atoms with E-state index in [0.717, 1.165) is 25.4 Å². The molecule has 0 saturated carbocycles. The molecule has 0 aliphatic heterocycles. The van der Waals surface area contributed by atoms with Crippen LogP contribution >= 0.6 is 11.6 Å². The maximum Gasteiger partial charge on any atom is 0.255 e. The van der Waals surface area contributed by atoms with E-state index in [1.165, 1.54) is 18.7 Å². The number of halogens is 1. The van der Waals surface area contributed by atoms with Crippen molar-refractivity contribution >= 4 is 23.2 Å². The second-order valence-electron chi connectivity index (χ2n) is 6.05. The highest BCUT2D eigenvalue weighted by Crippen LogP contribution is 2.28. The lowest BCUT2D eigenvalue weighted by molar-refractivity contribution is 0.0945. The lowest BCUT2D eigenvalue weighted by atomic mass is 10.1. The van der Waals surface area contributed by atoms with E-state index < -0.39 is 0 Å². The lowest BCUT2D eigenvalue weighted by Gasteiger charge is -2.21. The molecule has 7 heteroatoms. The Morgan fingerprint density at radius 3 is 2.48 bits per heavy atom. The molecular formula is C20H26ClN3O3. The number of ether oxygens (including phenoxy) is 2. The third kappa shape index (κ3) is 5.77. The molecule has 0 atom stereocenters. The summed E-state index contributed by atoms with van der Waals surface area (Å²) in [5, 5.41) is 3.24. The van der Waals surface area contributed by atoms with E-state index in [9.17, 15) is 4.79 Å². The van der Waals surface area contributed by atoms with Crippen LogP contribution in [0.4, 0.5) is 5.69 Å². The van der Waals surface area contributed by atoms with Crippen LogP contribution in [0.3, 0.4) is 0 Å². The molecule has 2 aromatic rings. The first-order valence-corrected chi connectivity index (χ1v) is 9.12. The zero-order chi connectivity index (χ0) is 19.8. The predicted octanol–water partition coefficient (Wildman–Crippen LogP) is 3.19. The third-order valence-corrected chi connectivity index (χ3v) is 4.62. The Morgan fingerprint density at radius 1 is 1.19 bits per heavy atom. The van der Waals surface area contributed by atoms with Gasteiger partial charge >= 0.3 is 0 Å². The van der Waals surface area contributed by atoms with Gasteiger partial charge in [-0.25, -0.2) is 0 Å². The molecule has 0 unspecified atom stereocenters. The fraction of sp³-hybridized carbons (Fsp3) is 0.350. The number of carbonyl (C=O) groups excluding carboxylic acids is 1. The third-order valence-electron chi connectivity index (χ3n) is 4.29. The van der Waals surface area contributed by atoms with E-state index in [2.05, 4.69) is 17.1 Å². The van der Waals surface area contributed by atoms with Gasteiger partial charge in [0, 0.05) is 25.7 Å². The molecule has 2 rings (SSSR count). The quantitative estimate of drug-likeness (QED) is 0.642. The van der Waals surface area contributed by atoms with Crippen molar-refractivity contribution in [1.82, 2.24) is 10.2 Å². The van der Waals surface area contributed by atoms with Gasteiger partial charge in [0.2, 0.25) is 0 Å². The van der Waals surface area contributed by atoms with Gasteiger partial charge in [0.05, 0.1) is 30.5 Å². The second-order valence-corrected chi connectivity index (χ2v) is 6.45. The molecule has 0 bridgehead atoms. The average molecular weight is 392 g/mol. The Morgan fingerprint density at radius 2 is 1.89 bits per heavy atom. The average Bonchev–Trinajstić information content (AvgIpc) is 2.69. The largest absolute Gasteiger partial charge is 0.497 e. The van der Waals surface area contributed by atoms with Gasteiger partial charge in [-0.3, -0.25) is 9.69 Å². The number of amides is 1. The van der Waals surface area contributed by atoms with Gasteiger partial charge in [-0.1, -0.05) is 30.7 Å². The van der Waals surface area contributed by atoms with E-state index in [1.54, 1.807) is 13.2 Å². The highest BCUT2D eigenvalue weighted by Gasteiger charge is 2.15. The van der Waals surface area contributed by atoms with Gasteiger partial charge in [-0.05, 0) is 30.3 Å². The monoisotopic (exact) mass is 391 g/mol. The van der Waals surface area contributed by atoms with Crippen molar-refractivity contribution in [2.24, 2.45) is 0 Å². The summed E-state index contributed by atoms with van der Waals surface area (Å²) in [5.41, 5.74) is 7.69. The fourth-order valence-electron chi connectivity index (χ4n) is 2.68. The highest BCUT2D eigenvalue weighted by atomic mass is 35.5. The first-order valence-electron chi connectivity index (χ1n) is 8.75. The first kappa shape index (κ1) is 20.9. The Labute approximate surface area is 165 Å².